The molecule has 3 atom stereocenters. The van der Waals surface area contributed by atoms with Crippen LogP contribution in [0.4, 0.5) is 0 Å². The van der Waals surface area contributed by atoms with Gasteiger partial charge in [0.15, 0.2) is 0 Å². The molecule has 214 valence electrons. The molecule has 0 bridgehead atoms. The minimum Gasteiger partial charge on any atom is -0.463 e. The number of allylic oxidation sites excluding steroid dienone is 2. The predicted molar refractivity (Wildman–Crippen MR) is 154 cm³/mol. The molecule has 1 aliphatic heterocycles. The standard InChI is InChI=1S/C33H42N2O5/c36-24-33(19-11-12-20-33)35-30(37)22-27-17-7-1-2-8-18-28(21-25-13-5-3-6-14-25)32(39)40-23-29(34-31(27)38)26-15-9-4-10-16-26/h1,3-7,9-10,13-16,27-29,36H,2,8,11-12,17-24H2,(H,34,38)(H,35,37). The predicted octanol–water partition coefficient (Wildman–Crippen LogP) is 4.80. The van der Waals surface area contributed by atoms with Crippen LogP contribution in [0.3, 0.4) is 0 Å². The van der Waals surface area contributed by atoms with Crippen LogP contribution < -0.4 is 10.6 Å². The highest BCUT2D eigenvalue weighted by molar-refractivity contribution is 5.86. The summed E-state index contributed by atoms with van der Waals surface area (Å²) in [5.74, 6) is -1.59. The van der Waals surface area contributed by atoms with Crippen LogP contribution in [0, 0.1) is 11.8 Å². The summed E-state index contributed by atoms with van der Waals surface area (Å²) in [6.45, 7) is -0.0789. The summed E-state index contributed by atoms with van der Waals surface area (Å²) in [5.41, 5.74) is 1.34. The van der Waals surface area contributed by atoms with Gasteiger partial charge in [0.2, 0.25) is 11.8 Å². The van der Waals surface area contributed by atoms with E-state index in [4.69, 9.17) is 4.74 Å². The fourth-order valence-electron chi connectivity index (χ4n) is 5.77. The molecular formula is C33H42N2O5. The van der Waals surface area contributed by atoms with Crippen LogP contribution in [0.2, 0.25) is 0 Å². The maximum atomic E-state index is 13.6. The number of rotatable bonds is 7. The van der Waals surface area contributed by atoms with E-state index in [1.165, 1.54) is 0 Å². The number of ether oxygens (including phenoxy) is 1. The number of nitrogens with one attached hydrogen (secondary N) is 2. The minimum atomic E-state index is -0.581. The molecule has 1 heterocycles. The molecule has 2 aromatic carbocycles. The van der Waals surface area contributed by atoms with Crippen molar-refractivity contribution in [2.75, 3.05) is 13.2 Å². The molecule has 2 amide bonds. The van der Waals surface area contributed by atoms with Gasteiger partial charge < -0.3 is 20.5 Å². The van der Waals surface area contributed by atoms with Gasteiger partial charge in [0, 0.05) is 6.42 Å². The molecule has 3 unspecified atom stereocenters. The van der Waals surface area contributed by atoms with E-state index in [0.717, 1.165) is 49.7 Å². The van der Waals surface area contributed by atoms with Crippen molar-refractivity contribution in [3.8, 4) is 0 Å². The molecule has 1 fully saturated rings. The Kier molecular flexibility index (Phi) is 10.9. The first-order chi connectivity index (χ1) is 19.5. The fourth-order valence-corrected chi connectivity index (χ4v) is 5.77. The summed E-state index contributed by atoms with van der Waals surface area (Å²) in [5, 5.41) is 16.0. The molecule has 1 saturated carbocycles. The van der Waals surface area contributed by atoms with Crippen LogP contribution in [-0.4, -0.2) is 41.6 Å². The Bertz CT molecular complexity index is 1130. The lowest BCUT2D eigenvalue weighted by atomic mass is 9.93. The zero-order valence-electron chi connectivity index (χ0n) is 23.2. The van der Waals surface area contributed by atoms with Crippen LogP contribution in [0.1, 0.15) is 75.0 Å². The molecule has 2 aliphatic rings. The number of aliphatic hydroxyl groups is 1. The summed E-state index contributed by atoms with van der Waals surface area (Å²) < 4.78 is 5.84. The SMILES string of the molecule is O=C(CC1CC=CCCCC(Cc2ccccc2)C(=O)OCC(c2ccccc2)NC1=O)NC1(CO)CCCC1. The smallest absolute Gasteiger partial charge is 0.309 e. The summed E-state index contributed by atoms with van der Waals surface area (Å²) in [7, 11) is 0. The first-order valence-corrected chi connectivity index (χ1v) is 14.6. The summed E-state index contributed by atoms with van der Waals surface area (Å²) in [6.07, 6.45) is 10.8. The quantitative estimate of drug-likeness (QED) is 0.342. The average Bonchev–Trinajstić information content (AvgIpc) is 3.44. The molecule has 0 spiro atoms. The van der Waals surface area contributed by atoms with E-state index >= 15 is 0 Å². The third-order valence-corrected chi connectivity index (χ3v) is 8.15. The second kappa shape index (κ2) is 14.8. The van der Waals surface area contributed by atoms with E-state index in [2.05, 4.69) is 10.6 Å². The van der Waals surface area contributed by atoms with Crippen molar-refractivity contribution < 1.29 is 24.2 Å². The van der Waals surface area contributed by atoms with E-state index in [1.807, 2.05) is 72.8 Å². The molecule has 4 rings (SSSR count). The van der Waals surface area contributed by atoms with E-state index in [1.54, 1.807) is 0 Å². The first kappa shape index (κ1) is 29.5. The number of esters is 1. The number of amides is 2. The Morgan fingerprint density at radius 2 is 1.65 bits per heavy atom. The topological polar surface area (TPSA) is 105 Å². The monoisotopic (exact) mass is 546 g/mol. The Morgan fingerprint density at radius 1 is 0.950 bits per heavy atom. The van der Waals surface area contributed by atoms with E-state index in [0.29, 0.717) is 19.3 Å². The number of cyclic esters (lactones) is 1. The van der Waals surface area contributed by atoms with Gasteiger partial charge >= 0.3 is 5.97 Å². The Labute approximate surface area is 237 Å². The van der Waals surface area contributed by atoms with Crippen molar-refractivity contribution >= 4 is 17.8 Å². The van der Waals surface area contributed by atoms with Crippen LogP contribution in [0.25, 0.3) is 0 Å². The number of hydrogen-bond donors (Lipinski definition) is 3. The van der Waals surface area contributed by atoms with E-state index < -0.39 is 17.5 Å². The lowest BCUT2D eigenvalue weighted by Gasteiger charge is -2.29. The lowest BCUT2D eigenvalue weighted by Crippen LogP contribution is -2.50. The van der Waals surface area contributed by atoms with Gasteiger partial charge in [-0.25, -0.2) is 0 Å². The van der Waals surface area contributed by atoms with Crippen molar-refractivity contribution in [2.24, 2.45) is 11.8 Å². The van der Waals surface area contributed by atoms with Crippen molar-refractivity contribution in [1.82, 2.24) is 10.6 Å². The number of aliphatic hydroxyl groups excluding tert-OH is 1. The minimum absolute atomic E-state index is 0.0161. The number of carbonyl (C=O) groups is 3. The second-order valence-electron chi connectivity index (χ2n) is 11.2. The van der Waals surface area contributed by atoms with Gasteiger partial charge in [0.1, 0.15) is 6.61 Å². The molecule has 7 heteroatoms. The second-order valence-corrected chi connectivity index (χ2v) is 11.2. The molecule has 1 aliphatic carbocycles. The Morgan fingerprint density at radius 3 is 2.35 bits per heavy atom. The highest BCUT2D eigenvalue weighted by Gasteiger charge is 2.36. The number of benzene rings is 2. The fraction of sp³-hybridized carbons (Fsp3) is 0.485. The van der Waals surface area contributed by atoms with Gasteiger partial charge in [-0.05, 0) is 56.1 Å². The number of hydrogen-bond acceptors (Lipinski definition) is 5. The highest BCUT2D eigenvalue weighted by atomic mass is 16.5. The maximum absolute atomic E-state index is 13.6. The summed E-state index contributed by atoms with van der Waals surface area (Å²) in [4.78, 5) is 39.9. The maximum Gasteiger partial charge on any atom is 0.309 e. The van der Waals surface area contributed by atoms with Crippen LogP contribution in [-0.2, 0) is 25.5 Å². The van der Waals surface area contributed by atoms with E-state index in [9.17, 15) is 19.5 Å². The van der Waals surface area contributed by atoms with Crippen LogP contribution in [0.15, 0.2) is 72.8 Å². The van der Waals surface area contributed by atoms with Crippen molar-refractivity contribution in [3.63, 3.8) is 0 Å². The molecular weight excluding hydrogens is 504 g/mol. The average molecular weight is 547 g/mol. The van der Waals surface area contributed by atoms with Gasteiger partial charge in [0.05, 0.1) is 30.0 Å². The molecule has 40 heavy (non-hydrogen) atoms. The summed E-state index contributed by atoms with van der Waals surface area (Å²) >= 11 is 0. The molecule has 0 radical (unpaired) electrons. The third kappa shape index (κ3) is 8.52. The lowest BCUT2D eigenvalue weighted by molar-refractivity contribution is -0.150. The molecule has 0 aromatic heterocycles. The van der Waals surface area contributed by atoms with Gasteiger partial charge in [-0.3, -0.25) is 14.4 Å². The zero-order valence-corrected chi connectivity index (χ0v) is 23.2. The Hall–Kier alpha value is -3.45. The first-order valence-electron chi connectivity index (χ1n) is 14.6. The number of carbonyl (C=O) groups excluding carboxylic acids is 3. The van der Waals surface area contributed by atoms with Crippen molar-refractivity contribution in [3.05, 3.63) is 83.9 Å². The van der Waals surface area contributed by atoms with Crippen molar-refractivity contribution in [1.29, 1.82) is 0 Å². The third-order valence-electron chi connectivity index (χ3n) is 8.15. The molecule has 3 N–H and O–H groups in total. The Balaban J connectivity index is 1.50. The van der Waals surface area contributed by atoms with E-state index in [-0.39, 0.29) is 43.3 Å². The molecule has 7 nitrogen and oxygen atoms in total. The highest BCUT2D eigenvalue weighted by Crippen LogP contribution is 2.29. The van der Waals surface area contributed by atoms with Gasteiger partial charge in [0.25, 0.3) is 0 Å². The zero-order chi connectivity index (χ0) is 28.2. The molecule has 2 aromatic rings. The van der Waals surface area contributed by atoms with Gasteiger partial charge in [-0.15, -0.1) is 0 Å². The van der Waals surface area contributed by atoms with Crippen molar-refractivity contribution in [2.45, 2.75) is 75.8 Å². The van der Waals surface area contributed by atoms with Crippen LogP contribution in [0.5, 0.6) is 0 Å². The molecule has 0 saturated heterocycles. The summed E-state index contributed by atoms with van der Waals surface area (Å²) in [6, 6.07) is 18.9. The van der Waals surface area contributed by atoms with Gasteiger partial charge in [-0.1, -0.05) is 85.7 Å². The normalized spacial score (nSPS) is 24.0. The van der Waals surface area contributed by atoms with Gasteiger partial charge in [-0.2, -0.15) is 0 Å². The van der Waals surface area contributed by atoms with Crippen LogP contribution >= 0.6 is 0 Å². The largest absolute Gasteiger partial charge is 0.463 e.